The molecule has 49 heavy (non-hydrogen) atoms. The molecule has 5 aliphatic rings. The maximum Gasteiger partial charge on any atom is 0.319 e. The van der Waals surface area contributed by atoms with Crippen molar-refractivity contribution in [2.24, 2.45) is 17.3 Å². The van der Waals surface area contributed by atoms with Crippen LogP contribution in [0.2, 0.25) is 0 Å². The number of nitrogens with one attached hydrogen (secondary N) is 1. The van der Waals surface area contributed by atoms with Crippen molar-refractivity contribution in [2.75, 3.05) is 50.9 Å². The normalized spacial score (nSPS) is 26.7. The van der Waals surface area contributed by atoms with Crippen molar-refractivity contribution in [3.63, 3.8) is 0 Å². The highest BCUT2D eigenvalue weighted by molar-refractivity contribution is 6.03. The quantitative estimate of drug-likeness (QED) is 0.229. The molecule has 0 spiro atoms. The SMILES string of the molecule is CCc1c(F)ccc2cc(O)cc(-c3nc4c5c(nc(OCC6(CN7C[C@@H]8C[C@@H]8[C@@H]7CO)CC6)nc5c3F)N3CC(CC)NC[C@H]3CO4)c12. The average Bonchev–Trinajstić information content (AvgIpc) is 4.03. The van der Waals surface area contributed by atoms with Crippen LogP contribution >= 0.6 is 0 Å². The lowest BCUT2D eigenvalue weighted by Gasteiger charge is -2.39. The molecule has 0 amide bonds. The van der Waals surface area contributed by atoms with Gasteiger partial charge in [-0.1, -0.05) is 19.9 Å². The van der Waals surface area contributed by atoms with Crippen molar-refractivity contribution in [1.29, 1.82) is 0 Å². The predicted molar refractivity (Wildman–Crippen MR) is 181 cm³/mol. The zero-order valence-electron chi connectivity index (χ0n) is 27.9. The average molecular weight is 673 g/mol. The van der Waals surface area contributed by atoms with E-state index >= 15 is 8.78 Å². The van der Waals surface area contributed by atoms with Gasteiger partial charge in [-0.2, -0.15) is 9.97 Å². The Kier molecular flexibility index (Phi) is 7.37. The lowest BCUT2D eigenvalue weighted by atomic mass is 9.94. The molecule has 5 heterocycles. The van der Waals surface area contributed by atoms with E-state index in [1.165, 1.54) is 18.6 Å². The zero-order chi connectivity index (χ0) is 33.6. The molecular weight excluding hydrogens is 630 g/mol. The molecule has 2 aromatic carbocycles. The molecule has 0 radical (unpaired) electrons. The molecule has 2 aliphatic carbocycles. The Hall–Kier alpha value is -3.87. The first-order valence-electron chi connectivity index (χ1n) is 17.8. The van der Waals surface area contributed by atoms with E-state index in [1.54, 1.807) is 12.1 Å². The van der Waals surface area contributed by atoms with Gasteiger partial charge in [-0.05, 0) is 78.5 Å². The summed E-state index contributed by atoms with van der Waals surface area (Å²) in [6, 6.07) is 6.37. The number of hydrogen-bond donors (Lipinski definition) is 3. The second-order valence-electron chi connectivity index (χ2n) is 14.9. The minimum absolute atomic E-state index is 0.0167. The van der Waals surface area contributed by atoms with Gasteiger partial charge in [0.15, 0.2) is 5.82 Å². The van der Waals surface area contributed by atoms with Crippen molar-refractivity contribution in [1.82, 2.24) is 25.2 Å². The molecule has 10 nitrogen and oxygen atoms in total. The van der Waals surface area contributed by atoms with Gasteiger partial charge in [-0.25, -0.2) is 13.8 Å². The molecule has 3 aliphatic heterocycles. The number of anilines is 1. The number of likely N-dealkylation sites (tertiary alicyclic amines) is 1. The first-order valence-corrected chi connectivity index (χ1v) is 17.8. The van der Waals surface area contributed by atoms with Gasteiger partial charge in [0.1, 0.15) is 40.6 Å². The van der Waals surface area contributed by atoms with Gasteiger partial charge in [-0.15, -0.1) is 0 Å². The number of halogens is 2. The van der Waals surface area contributed by atoms with Crippen molar-refractivity contribution >= 4 is 27.5 Å². The Morgan fingerprint density at radius 1 is 1.10 bits per heavy atom. The number of hydrogen-bond acceptors (Lipinski definition) is 10. The van der Waals surface area contributed by atoms with Crippen molar-refractivity contribution in [3.8, 4) is 28.9 Å². The number of piperazine rings is 1. The van der Waals surface area contributed by atoms with Gasteiger partial charge >= 0.3 is 6.01 Å². The number of phenolic OH excluding ortho intramolecular Hbond substituents is 1. The predicted octanol–water partition coefficient (Wildman–Crippen LogP) is 4.81. The summed E-state index contributed by atoms with van der Waals surface area (Å²) < 4.78 is 45.0. The molecule has 2 saturated carbocycles. The monoisotopic (exact) mass is 672 g/mol. The summed E-state index contributed by atoms with van der Waals surface area (Å²) in [5.41, 5.74) is 0.559. The van der Waals surface area contributed by atoms with Crippen LogP contribution in [0, 0.1) is 28.9 Å². The third-order valence-corrected chi connectivity index (χ3v) is 11.8. The second kappa shape index (κ2) is 11.6. The number of ether oxygens (including phenoxy) is 2. The molecule has 4 aromatic rings. The fourth-order valence-electron chi connectivity index (χ4n) is 8.68. The van der Waals surface area contributed by atoms with Crippen LogP contribution < -0.4 is 19.7 Å². The lowest BCUT2D eigenvalue weighted by Crippen LogP contribution is -2.58. The number of aryl methyl sites for hydroxylation is 1. The third-order valence-electron chi connectivity index (χ3n) is 11.8. The highest BCUT2D eigenvalue weighted by Crippen LogP contribution is 2.54. The molecule has 0 bridgehead atoms. The van der Waals surface area contributed by atoms with Crippen LogP contribution in [-0.4, -0.2) is 94.2 Å². The molecule has 2 saturated heterocycles. The molecule has 5 atom stereocenters. The molecule has 1 unspecified atom stereocenters. The van der Waals surface area contributed by atoms with E-state index in [0.29, 0.717) is 72.1 Å². The number of rotatable bonds is 9. The first-order chi connectivity index (χ1) is 23.8. The van der Waals surface area contributed by atoms with E-state index < -0.39 is 11.6 Å². The summed E-state index contributed by atoms with van der Waals surface area (Å²) in [5, 5.41) is 25.8. The zero-order valence-corrected chi connectivity index (χ0v) is 27.9. The summed E-state index contributed by atoms with van der Waals surface area (Å²) in [5.74, 6) is 0.834. The molecule has 2 aromatic heterocycles. The summed E-state index contributed by atoms with van der Waals surface area (Å²) in [6.45, 7) is 8.03. The number of fused-ring (bicyclic) bond motifs is 4. The van der Waals surface area contributed by atoms with E-state index in [1.807, 2.05) is 6.92 Å². The van der Waals surface area contributed by atoms with Gasteiger partial charge in [-0.3, -0.25) is 4.90 Å². The van der Waals surface area contributed by atoms with Gasteiger partial charge in [0.25, 0.3) is 0 Å². The molecule has 12 heteroatoms. The maximum absolute atomic E-state index is 17.1. The Morgan fingerprint density at radius 2 is 1.96 bits per heavy atom. The van der Waals surface area contributed by atoms with Crippen LogP contribution in [0.3, 0.4) is 0 Å². The Labute approximate surface area is 283 Å². The van der Waals surface area contributed by atoms with E-state index in [9.17, 15) is 10.2 Å². The van der Waals surface area contributed by atoms with Gasteiger partial charge in [0, 0.05) is 49.2 Å². The van der Waals surface area contributed by atoms with E-state index in [2.05, 4.69) is 22.0 Å². The number of phenols is 1. The van der Waals surface area contributed by atoms with Crippen LogP contribution in [-0.2, 0) is 6.42 Å². The number of pyridine rings is 1. The number of aliphatic hydroxyl groups excluding tert-OH is 1. The maximum atomic E-state index is 17.1. The topological polar surface area (TPSA) is 116 Å². The lowest BCUT2D eigenvalue weighted by molar-refractivity contribution is 0.0966. The van der Waals surface area contributed by atoms with Crippen LogP contribution in [0.4, 0.5) is 14.6 Å². The van der Waals surface area contributed by atoms with E-state index in [-0.39, 0.29) is 64.6 Å². The van der Waals surface area contributed by atoms with Crippen LogP contribution in [0.1, 0.15) is 45.1 Å². The standard InChI is InChI=1S/C37H42F2N6O4/c1-3-21-14-45-22(12-40-21)16-48-35-30-33(31(39)32(41-35)26-11-23(47)9-19-5-6-27(38)24(4-2)29(19)26)42-36(43-34(30)45)49-18-37(7-8-37)17-44-13-20-10-25(20)28(44)15-46/h5-6,9,11,20-22,25,28,40,46-47H,3-4,7-8,10,12-18H2,1-2H3/t20-,21?,22-,25-,28-/m0/s1. The summed E-state index contributed by atoms with van der Waals surface area (Å²) >= 11 is 0. The Morgan fingerprint density at radius 3 is 2.73 bits per heavy atom. The highest BCUT2D eigenvalue weighted by atomic mass is 19.1. The molecular formula is C37H42F2N6O4. The number of benzene rings is 2. The van der Waals surface area contributed by atoms with Crippen LogP contribution in [0.15, 0.2) is 24.3 Å². The fraction of sp³-hybridized carbons (Fsp3) is 0.541. The second-order valence-corrected chi connectivity index (χ2v) is 14.9. The Balaban J connectivity index is 1.16. The fourth-order valence-corrected chi connectivity index (χ4v) is 8.68. The number of aromatic hydroxyl groups is 1. The van der Waals surface area contributed by atoms with Crippen molar-refractivity contribution in [2.45, 2.75) is 64.1 Å². The van der Waals surface area contributed by atoms with Crippen molar-refractivity contribution in [3.05, 3.63) is 41.5 Å². The van der Waals surface area contributed by atoms with Crippen LogP contribution in [0.25, 0.3) is 32.9 Å². The highest BCUT2D eigenvalue weighted by Gasteiger charge is 2.55. The minimum Gasteiger partial charge on any atom is -0.508 e. The number of nitrogens with zero attached hydrogens (tertiary/aromatic N) is 5. The summed E-state index contributed by atoms with van der Waals surface area (Å²) in [4.78, 5) is 19.0. The first kappa shape index (κ1) is 31.1. The third kappa shape index (κ3) is 5.17. The molecule has 3 N–H and O–H groups in total. The number of aliphatic hydroxyl groups is 1. The number of aromatic nitrogens is 3. The molecule has 4 fully saturated rings. The van der Waals surface area contributed by atoms with Crippen LogP contribution in [0.5, 0.6) is 17.6 Å². The largest absolute Gasteiger partial charge is 0.508 e. The minimum atomic E-state index is -0.710. The van der Waals surface area contributed by atoms with Gasteiger partial charge in [0.2, 0.25) is 5.88 Å². The summed E-state index contributed by atoms with van der Waals surface area (Å²) in [6.07, 6.45) is 4.52. The van der Waals surface area contributed by atoms with E-state index in [4.69, 9.17) is 24.4 Å². The summed E-state index contributed by atoms with van der Waals surface area (Å²) in [7, 11) is 0. The van der Waals surface area contributed by atoms with Gasteiger partial charge < -0.3 is 29.9 Å². The van der Waals surface area contributed by atoms with E-state index in [0.717, 1.165) is 32.4 Å². The smallest absolute Gasteiger partial charge is 0.319 e. The number of piperidine rings is 1. The van der Waals surface area contributed by atoms with Crippen molar-refractivity contribution < 1.29 is 28.5 Å². The van der Waals surface area contributed by atoms with Gasteiger partial charge in [0.05, 0.1) is 19.3 Å². The Bertz CT molecular complexity index is 1970. The molecule has 9 rings (SSSR count). The molecule has 258 valence electrons.